The average Bonchev–Trinajstić information content (AvgIpc) is 2.79. The summed E-state index contributed by atoms with van der Waals surface area (Å²) in [6, 6.07) is 24.5. The van der Waals surface area contributed by atoms with Crippen LogP contribution in [0, 0.1) is 0 Å². The molecule has 0 bridgehead atoms. The fourth-order valence-electron chi connectivity index (χ4n) is 3.03. The molecule has 0 aliphatic rings. The number of aryl methyl sites for hydroxylation is 1. The molecule has 6 nitrogen and oxygen atoms in total. The number of hydrogen-bond acceptors (Lipinski definition) is 4. The van der Waals surface area contributed by atoms with Crippen LogP contribution < -0.4 is 20.7 Å². The van der Waals surface area contributed by atoms with Gasteiger partial charge in [0.05, 0.1) is 18.8 Å². The number of anilines is 3. The van der Waals surface area contributed by atoms with Crippen LogP contribution in [-0.2, 0) is 16.0 Å². The van der Waals surface area contributed by atoms with Crippen LogP contribution in [0.1, 0.15) is 18.9 Å². The lowest BCUT2D eigenvalue weighted by Crippen LogP contribution is -2.22. The minimum atomic E-state index is -0.176. The van der Waals surface area contributed by atoms with Gasteiger partial charge in [0.25, 0.3) is 0 Å². The van der Waals surface area contributed by atoms with Crippen molar-refractivity contribution >= 4 is 28.9 Å². The lowest BCUT2D eigenvalue weighted by Gasteiger charge is -2.12. The lowest BCUT2D eigenvalue weighted by molar-refractivity contribution is -0.116. The minimum Gasteiger partial charge on any atom is -0.492 e. The first-order valence-corrected chi connectivity index (χ1v) is 10.3. The number of carbonyl (C=O) groups excluding carboxylic acids is 2. The Morgan fingerprint density at radius 2 is 1.45 bits per heavy atom. The van der Waals surface area contributed by atoms with Crippen LogP contribution >= 0.6 is 0 Å². The molecule has 0 aromatic heterocycles. The molecule has 0 saturated heterocycles. The Labute approximate surface area is 182 Å². The summed E-state index contributed by atoms with van der Waals surface area (Å²) in [5.41, 5.74) is 3.29. The first-order chi connectivity index (χ1) is 15.1. The van der Waals surface area contributed by atoms with Gasteiger partial charge in [0.1, 0.15) is 5.75 Å². The molecule has 3 aromatic carbocycles. The largest absolute Gasteiger partial charge is 0.492 e. The van der Waals surface area contributed by atoms with Crippen LogP contribution in [0.25, 0.3) is 0 Å². The summed E-state index contributed by atoms with van der Waals surface area (Å²) in [7, 11) is 0. The Morgan fingerprint density at radius 3 is 2.19 bits per heavy atom. The van der Waals surface area contributed by atoms with Crippen molar-refractivity contribution in [3.8, 4) is 5.75 Å². The standard InChI is InChI=1S/C25H27N3O3/c1-2-31-23-11-7-6-10-22(23)28-25(30)18-26-20-13-15-21(16-14-20)27-24(29)17-12-19-8-4-3-5-9-19/h3-11,13-16,26H,2,12,17-18H2,1H3,(H,27,29)(H,28,30). The van der Waals surface area contributed by atoms with E-state index in [9.17, 15) is 9.59 Å². The summed E-state index contributed by atoms with van der Waals surface area (Å²) < 4.78 is 5.52. The number of amides is 2. The second-order valence-corrected chi connectivity index (χ2v) is 6.94. The highest BCUT2D eigenvalue weighted by molar-refractivity contribution is 5.95. The predicted octanol–water partition coefficient (Wildman–Crippen LogP) is 4.71. The molecule has 0 heterocycles. The van der Waals surface area contributed by atoms with Gasteiger partial charge < -0.3 is 20.7 Å². The van der Waals surface area contributed by atoms with Crippen molar-refractivity contribution in [1.29, 1.82) is 0 Å². The maximum atomic E-state index is 12.3. The van der Waals surface area contributed by atoms with E-state index in [-0.39, 0.29) is 18.4 Å². The van der Waals surface area contributed by atoms with E-state index in [1.54, 1.807) is 6.07 Å². The molecule has 0 unspecified atom stereocenters. The predicted molar refractivity (Wildman–Crippen MR) is 125 cm³/mol. The van der Waals surface area contributed by atoms with Crippen molar-refractivity contribution in [3.63, 3.8) is 0 Å². The second kappa shape index (κ2) is 11.4. The molecular weight excluding hydrogens is 390 g/mol. The van der Waals surface area contributed by atoms with Crippen molar-refractivity contribution in [1.82, 2.24) is 0 Å². The monoisotopic (exact) mass is 417 g/mol. The van der Waals surface area contributed by atoms with Crippen LogP contribution in [0.3, 0.4) is 0 Å². The highest BCUT2D eigenvalue weighted by Crippen LogP contribution is 2.23. The van der Waals surface area contributed by atoms with E-state index in [1.807, 2.05) is 79.7 Å². The summed E-state index contributed by atoms with van der Waals surface area (Å²) in [5, 5.41) is 8.82. The third kappa shape index (κ3) is 7.19. The van der Waals surface area contributed by atoms with Crippen LogP contribution in [0.15, 0.2) is 78.9 Å². The molecule has 3 rings (SSSR count). The van der Waals surface area contributed by atoms with E-state index >= 15 is 0 Å². The van der Waals surface area contributed by atoms with Crippen molar-refractivity contribution in [2.75, 3.05) is 29.1 Å². The zero-order valence-corrected chi connectivity index (χ0v) is 17.6. The van der Waals surface area contributed by atoms with Crippen LogP contribution in [-0.4, -0.2) is 25.0 Å². The maximum absolute atomic E-state index is 12.3. The Morgan fingerprint density at radius 1 is 0.774 bits per heavy atom. The first kappa shape index (κ1) is 21.9. The number of nitrogens with one attached hydrogen (secondary N) is 3. The molecule has 0 atom stereocenters. The van der Waals surface area contributed by atoms with Crippen molar-refractivity contribution in [2.45, 2.75) is 19.8 Å². The van der Waals surface area contributed by atoms with Crippen LogP contribution in [0.5, 0.6) is 5.75 Å². The molecule has 0 saturated carbocycles. The Bertz CT molecular complexity index is 988. The molecule has 0 spiro atoms. The second-order valence-electron chi connectivity index (χ2n) is 6.94. The van der Waals surface area contributed by atoms with Crippen molar-refractivity contribution in [3.05, 3.63) is 84.4 Å². The molecule has 0 fully saturated rings. The van der Waals surface area contributed by atoms with Gasteiger partial charge in [-0.1, -0.05) is 42.5 Å². The van der Waals surface area contributed by atoms with Crippen molar-refractivity contribution < 1.29 is 14.3 Å². The van der Waals surface area contributed by atoms with Gasteiger partial charge in [0, 0.05) is 17.8 Å². The third-order valence-electron chi connectivity index (χ3n) is 4.57. The fraction of sp³-hybridized carbons (Fsp3) is 0.200. The number of para-hydroxylation sites is 2. The zero-order chi connectivity index (χ0) is 21.9. The van der Waals surface area contributed by atoms with Crippen LogP contribution in [0.2, 0.25) is 0 Å². The zero-order valence-electron chi connectivity index (χ0n) is 17.6. The molecular formula is C25H27N3O3. The smallest absolute Gasteiger partial charge is 0.243 e. The summed E-state index contributed by atoms with van der Waals surface area (Å²) in [6.07, 6.45) is 1.13. The van der Waals surface area contributed by atoms with E-state index in [4.69, 9.17) is 4.74 Å². The topological polar surface area (TPSA) is 79.5 Å². The highest BCUT2D eigenvalue weighted by atomic mass is 16.5. The Balaban J connectivity index is 1.44. The minimum absolute atomic E-state index is 0.0306. The highest BCUT2D eigenvalue weighted by Gasteiger charge is 2.08. The summed E-state index contributed by atoms with van der Waals surface area (Å²) in [6.45, 7) is 2.54. The molecule has 31 heavy (non-hydrogen) atoms. The normalized spacial score (nSPS) is 10.2. The molecule has 160 valence electrons. The van der Waals surface area contributed by atoms with E-state index in [2.05, 4.69) is 16.0 Å². The van der Waals surface area contributed by atoms with E-state index < -0.39 is 0 Å². The van der Waals surface area contributed by atoms with Gasteiger partial charge in [0.15, 0.2) is 0 Å². The molecule has 0 radical (unpaired) electrons. The average molecular weight is 418 g/mol. The SMILES string of the molecule is CCOc1ccccc1NC(=O)CNc1ccc(NC(=O)CCc2ccccc2)cc1. The molecule has 3 aromatic rings. The van der Waals surface area contributed by atoms with Gasteiger partial charge in [-0.25, -0.2) is 0 Å². The fourth-order valence-corrected chi connectivity index (χ4v) is 3.03. The van der Waals surface area contributed by atoms with E-state index in [1.165, 1.54) is 0 Å². The van der Waals surface area contributed by atoms with Gasteiger partial charge in [-0.05, 0) is 55.3 Å². The first-order valence-electron chi connectivity index (χ1n) is 10.3. The van der Waals surface area contributed by atoms with E-state index in [0.29, 0.717) is 30.9 Å². The van der Waals surface area contributed by atoms with Crippen molar-refractivity contribution in [2.24, 2.45) is 0 Å². The van der Waals surface area contributed by atoms with Gasteiger partial charge in [-0.2, -0.15) is 0 Å². The Kier molecular flexibility index (Phi) is 8.05. The number of rotatable bonds is 10. The van der Waals surface area contributed by atoms with E-state index in [0.717, 1.165) is 16.9 Å². The Hall–Kier alpha value is -3.80. The number of benzene rings is 3. The summed E-state index contributed by atoms with van der Waals surface area (Å²) >= 11 is 0. The molecule has 0 aliphatic heterocycles. The third-order valence-corrected chi connectivity index (χ3v) is 4.57. The van der Waals surface area contributed by atoms with Gasteiger partial charge >= 0.3 is 0 Å². The molecule has 0 aliphatic carbocycles. The number of carbonyl (C=O) groups is 2. The van der Waals surface area contributed by atoms with Crippen LogP contribution in [0.4, 0.5) is 17.1 Å². The maximum Gasteiger partial charge on any atom is 0.243 e. The van der Waals surface area contributed by atoms with Gasteiger partial charge in [-0.15, -0.1) is 0 Å². The molecule has 2 amide bonds. The van der Waals surface area contributed by atoms with Gasteiger partial charge in [0.2, 0.25) is 11.8 Å². The molecule has 3 N–H and O–H groups in total. The summed E-state index contributed by atoms with van der Waals surface area (Å²) in [5.74, 6) is 0.438. The summed E-state index contributed by atoms with van der Waals surface area (Å²) in [4.78, 5) is 24.4. The number of hydrogen-bond donors (Lipinski definition) is 3. The number of ether oxygens (including phenoxy) is 1. The molecule has 6 heteroatoms. The lowest BCUT2D eigenvalue weighted by atomic mass is 10.1. The quantitative estimate of drug-likeness (QED) is 0.446. The van der Waals surface area contributed by atoms with Gasteiger partial charge in [-0.3, -0.25) is 9.59 Å².